The maximum Gasteiger partial charge on any atom is 0.196 e. The van der Waals surface area contributed by atoms with Crippen LogP contribution < -0.4 is 11.1 Å². The molecule has 0 heterocycles. The minimum atomic E-state index is -0.218. The van der Waals surface area contributed by atoms with Gasteiger partial charge in [-0.25, -0.2) is 0 Å². The number of carbonyl (C=O) groups excluding carboxylic acids is 2. The highest BCUT2D eigenvalue weighted by atomic mass is 16.1. The van der Waals surface area contributed by atoms with Crippen LogP contribution in [0.4, 0.5) is 17.1 Å². The number of hydrogen-bond acceptors (Lipinski definition) is 4. The summed E-state index contributed by atoms with van der Waals surface area (Å²) in [7, 11) is 0. The van der Waals surface area contributed by atoms with E-state index in [-0.39, 0.29) is 17.1 Å². The third-order valence-electron chi connectivity index (χ3n) is 5.17. The van der Waals surface area contributed by atoms with E-state index in [9.17, 15) is 9.59 Å². The largest absolute Gasteiger partial charge is 0.398 e. The number of nitrogens with one attached hydrogen (secondary N) is 1. The van der Waals surface area contributed by atoms with Crippen LogP contribution in [0.25, 0.3) is 10.8 Å². The van der Waals surface area contributed by atoms with Crippen LogP contribution in [0.3, 0.4) is 0 Å². The first-order valence-electron chi connectivity index (χ1n) is 9.01. The van der Waals surface area contributed by atoms with Crippen molar-refractivity contribution in [2.45, 2.75) is 0 Å². The lowest BCUT2D eigenvalue weighted by Gasteiger charge is -2.24. The molecule has 4 nitrogen and oxygen atoms in total. The molecule has 4 aromatic rings. The number of anilines is 3. The van der Waals surface area contributed by atoms with E-state index in [0.717, 1.165) is 16.5 Å². The Bertz CT molecular complexity index is 1280. The van der Waals surface area contributed by atoms with Crippen molar-refractivity contribution in [1.82, 2.24) is 0 Å². The molecule has 1 aliphatic rings. The van der Waals surface area contributed by atoms with Gasteiger partial charge >= 0.3 is 0 Å². The molecule has 4 aromatic carbocycles. The zero-order valence-corrected chi connectivity index (χ0v) is 14.9. The van der Waals surface area contributed by atoms with Gasteiger partial charge in [-0.3, -0.25) is 9.59 Å². The van der Waals surface area contributed by atoms with Crippen LogP contribution in [0.2, 0.25) is 0 Å². The third-order valence-corrected chi connectivity index (χ3v) is 5.17. The summed E-state index contributed by atoms with van der Waals surface area (Å²) in [6.45, 7) is 0. The average Bonchev–Trinajstić information content (AvgIpc) is 2.75. The zero-order chi connectivity index (χ0) is 19.3. The van der Waals surface area contributed by atoms with Gasteiger partial charge in [-0.1, -0.05) is 66.7 Å². The van der Waals surface area contributed by atoms with Gasteiger partial charge in [0.1, 0.15) is 0 Å². The van der Waals surface area contributed by atoms with Gasteiger partial charge in [-0.15, -0.1) is 0 Å². The van der Waals surface area contributed by atoms with Crippen LogP contribution >= 0.6 is 0 Å². The highest BCUT2D eigenvalue weighted by molar-refractivity contribution is 6.35. The summed E-state index contributed by atoms with van der Waals surface area (Å²) in [5.74, 6) is -0.411. The van der Waals surface area contributed by atoms with Crippen LogP contribution in [0.1, 0.15) is 31.8 Å². The molecule has 0 atom stereocenters. The molecule has 0 radical (unpaired) electrons. The fraction of sp³-hybridized carbons (Fsp3) is 0. The van der Waals surface area contributed by atoms with Crippen LogP contribution in [0, 0.1) is 0 Å². The molecule has 0 aliphatic heterocycles. The molecule has 0 saturated carbocycles. The van der Waals surface area contributed by atoms with E-state index in [1.54, 1.807) is 24.3 Å². The number of rotatable bonds is 2. The summed E-state index contributed by atoms with van der Waals surface area (Å²) in [4.78, 5) is 26.7. The second-order valence-corrected chi connectivity index (χ2v) is 6.78. The number of carbonyl (C=O) groups is 2. The standard InChI is InChI=1S/C24H16N2O2/c25-21-15-10-4-5-11-16(15)22(26-14-8-2-1-3-9-14)20-19(21)23(27)17-12-6-7-13-18(17)24(20)28/h1-13,26H,25H2. The summed E-state index contributed by atoms with van der Waals surface area (Å²) in [5, 5.41) is 4.91. The van der Waals surface area contributed by atoms with Crippen molar-refractivity contribution in [3.8, 4) is 0 Å². The van der Waals surface area contributed by atoms with Gasteiger partial charge < -0.3 is 11.1 Å². The quantitative estimate of drug-likeness (QED) is 0.344. The zero-order valence-electron chi connectivity index (χ0n) is 14.9. The maximum atomic E-state index is 13.4. The number of nitrogens with two attached hydrogens (primary N) is 1. The SMILES string of the molecule is Nc1c2c(c(Nc3ccccc3)c3ccccc13)C(=O)c1ccccc1C2=O. The first-order valence-corrected chi connectivity index (χ1v) is 9.01. The molecule has 0 bridgehead atoms. The molecule has 1 aliphatic carbocycles. The fourth-order valence-corrected chi connectivity index (χ4v) is 3.87. The van der Waals surface area contributed by atoms with Crippen molar-refractivity contribution < 1.29 is 9.59 Å². The molecule has 0 spiro atoms. The Labute approximate surface area is 161 Å². The summed E-state index contributed by atoms with van der Waals surface area (Å²) in [5.41, 5.74) is 9.62. The Hall–Kier alpha value is -3.92. The predicted molar refractivity (Wildman–Crippen MR) is 111 cm³/mol. The molecule has 3 N–H and O–H groups in total. The lowest BCUT2D eigenvalue weighted by atomic mass is 9.80. The Morgan fingerprint density at radius 1 is 0.607 bits per heavy atom. The summed E-state index contributed by atoms with van der Waals surface area (Å²) in [6.07, 6.45) is 0. The minimum Gasteiger partial charge on any atom is -0.398 e. The van der Waals surface area contributed by atoms with Crippen molar-refractivity contribution in [1.29, 1.82) is 0 Å². The normalized spacial score (nSPS) is 12.6. The van der Waals surface area contributed by atoms with E-state index in [2.05, 4.69) is 5.32 Å². The van der Waals surface area contributed by atoms with Gasteiger partial charge in [0.15, 0.2) is 11.6 Å². The van der Waals surface area contributed by atoms with E-state index in [1.165, 1.54) is 0 Å². The smallest absolute Gasteiger partial charge is 0.196 e. The summed E-state index contributed by atoms with van der Waals surface area (Å²) < 4.78 is 0. The lowest BCUT2D eigenvalue weighted by molar-refractivity contribution is 0.0980. The molecule has 4 heteroatoms. The molecular formula is C24H16N2O2. The predicted octanol–water partition coefficient (Wildman–Crippen LogP) is 4.94. The Morgan fingerprint density at radius 2 is 1.14 bits per heavy atom. The number of para-hydroxylation sites is 1. The van der Waals surface area contributed by atoms with E-state index in [1.807, 2.05) is 54.6 Å². The number of hydrogen-bond donors (Lipinski definition) is 2. The van der Waals surface area contributed by atoms with Crippen LogP contribution in [0.15, 0.2) is 78.9 Å². The van der Waals surface area contributed by atoms with Crippen molar-refractivity contribution in [2.24, 2.45) is 0 Å². The Morgan fingerprint density at radius 3 is 1.82 bits per heavy atom. The van der Waals surface area contributed by atoms with Crippen LogP contribution in [0.5, 0.6) is 0 Å². The van der Waals surface area contributed by atoms with Gasteiger partial charge in [-0.2, -0.15) is 0 Å². The topological polar surface area (TPSA) is 72.2 Å². The van der Waals surface area contributed by atoms with Crippen molar-refractivity contribution in [2.75, 3.05) is 11.1 Å². The highest BCUT2D eigenvalue weighted by Crippen LogP contribution is 2.42. The Kier molecular flexibility index (Phi) is 3.52. The molecule has 5 rings (SSSR count). The number of nitrogen functional groups attached to an aromatic ring is 1. The summed E-state index contributed by atoms with van der Waals surface area (Å²) in [6, 6.07) is 24.0. The molecule has 0 saturated heterocycles. The number of fused-ring (bicyclic) bond motifs is 3. The molecule has 28 heavy (non-hydrogen) atoms. The van der Waals surface area contributed by atoms with Crippen molar-refractivity contribution >= 4 is 39.4 Å². The van der Waals surface area contributed by atoms with Gasteiger partial charge in [0.25, 0.3) is 0 Å². The molecule has 0 fully saturated rings. The maximum absolute atomic E-state index is 13.4. The summed E-state index contributed by atoms with van der Waals surface area (Å²) >= 11 is 0. The first-order chi connectivity index (χ1) is 13.7. The molecule has 134 valence electrons. The van der Waals surface area contributed by atoms with Crippen LogP contribution in [-0.2, 0) is 0 Å². The van der Waals surface area contributed by atoms with E-state index in [4.69, 9.17) is 5.73 Å². The van der Waals surface area contributed by atoms with Gasteiger partial charge in [-0.05, 0) is 12.1 Å². The monoisotopic (exact) mass is 364 g/mol. The first kappa shape index (κ1) is 16.3. The number of benzene rings is 4. The Balaban J connectivity index is 1.88. The van der Waals surface area contributed by atoms with Gasteiger partial charge in [0, 0.05) is 27.6 Å². The second-order valence-electron chi connectivity index (χ2n) is 6.78. The highest BCUT2D eigenvalue weighted by Gasteiger charge is 2.35. The molecular weight excluding hydrogens is 348 g/mol. The number of ketones is 2. The van der Waals surface area contributed by atoms with Gasteiger partial charge in [0.05, 0.1) is 22.5 Å². The molecule has 0 aromatic heterocycles. The van der Waals surface area contributed by atoms with Crippen LogP contribution in [-0.4, -0.2) is 11.6 Å². The van der Waals surface area contributed by atoms with E-state index >= 15 is 0 Å². The minimum absolute atomic E-state index is 0.193. The van der Waals surface area contributed by atoms with Crippen molar-refractivity contribution in [3.05, 3.63) is 101 Å². The van der Waals surface area contributed by atoms with Gasteiger partial charge in [0.2, 0.25) is 0 Å². The van der Waals surface area contributed by atoms with E-state index in [0.29, 0.717) is 28.1 Å². The third kappa shape index (κ3) is 2.25. The fourth-order valence-electron chi connectivity index (χ4n) is 3.87. The molecule has 0 unspecified atom stereocenters. The molecule has 0 amide bonds. The average molecular weight is 364 g/mol. The lowest BCUT2D eigenvalue weighted by Crippen LogP contribution is -2.24. The second kappa shape index (κ2) is 6.06. The van der Waals surface area contributed by atoms with E-state index < -0.39 is 0 Å². The van der Waals surface area contributed by atoms with Crippen molar-refractivity contribution in [3.63, 3.8) is 0 Å².